The predicted molar refractivity (Wildman–Crippen MR) is 71.0 cm³/mol. The summed E-state index contributed by atoms with van der Waals surface area (Å²) in [4.78, 5) is 22.4. The van der Waals surface area contributed by atoms with Gasteiger partial charge in [-0.15, -0.1) is 0 Å². The zero-order valence-electron chi connectivity index (χ0n) is 10.7. The van der Waals surface area contributed by atoms with Gasteiger partial charge in [0.15, 0.2) is 0 Å². The summed E-state index contributed by atoms with van der Waals surface area (Å²) < 4.78 is 6.66. The van der Waals surface area contributed by atoms with Crippen molar-refractivity contribution in [3.8, 4) is 0 Å². The molecule has 0 saturated heterocycles. The Morgan fingerprint density at radius 2 is 1.89 bits per heavy atom. The molecule has 0 amide bonds. The number of benzene rings is 1. The van der Waals surface area contributed by atoms with Gasteiger partial charge < -0.3 is 9.30 Å². The third kappa shape index (κ3) is 3.10. The van der Waals surface area contributed by atoms with E-state index in [2.05, 4.69) is 0 Å². The molecule has 0 radical (unpaired) electrons. The standard InChI is InChI=1S/C15H15NO3/c1-19-15(18)14(16-8-2-3-9-16)10-12-4-6-13(11-17)7-5-12/h2-9,11,14H,10H2,1H3/t14-/m0/s1. The largest absolute Gasteiger partial charge is 0.467 e. The van der Waals surface area contributed by atoms with E-state index in [0.29, 0.717) is 12.0 Å². The second-order valence-electron chi connectivity index (χ2n) is 4.23. The van der Waals surface area contributed by atoms with Gasteiger partial charge in [-0.2, -0.15) is 0 Å². The smallest absolute Gasteiger partial charge is 0.329 e. The SMILES string of the molecule is COC(=O)[C@H](Cc1ccc(C=O)cc1)n1cccc1. The van der Waals surface area contributed by atoms with Crippen LogP contribution in [0.5, 0.6) is 0 Å². The molecule has 0 bridgehead atoms. The summed E-state index contributed by atoms with van der Waals surface area (Å²) in [5.41, 5.74) is 1.61. The highest BCUT2D eigenvalue weighted by molar-refractivity contribution is 5.75. The number of hydrogen-bond donors (Lipinski definition) is 0. The van der Waals surface area contributed by atoms with E-state index in [0.717, 1.165) is 11.8 Å². The van der Waals surface area contributed by atoms with Crippen molar-refractivity contribution in [3.05, 3.63) is 59.9 Å². The molecule has 2 rings (SSSR count). The van der Waals surface area contributed by atoms with Gasteiger partial charge in [-0.05, 0) is 17.7 Å². The summed E-state index contributed by atoms with van der Waals surface area (Å²) in [5, 5.41) is 0. The van der Waals surface area contributed by atoms with E-state index in [-0.39, 0.29) is 12.0 Å². The average molecular weight is 257 g/mol. The van der Waals surface area contributed by atoms with Crippen LogP contribution in [0.25, 0.3) is 0 Å². The van der Waals surface area contributed by atoms with Crippen molar-refractivity contribution in [2.75, 3.05) is 7.11 Å². The fraction of sp³-hybridized carbons (Fsp3) is 0.200. The zero-order valence-corrected chi connectivity index (χ0v) is 10.7. The lowest BCUT2D eigenvalue weighted by molar-refractivity contribution is -0.144. The van der Waals surface area contributed by atoms with Crippen LogP contribution in [0, 0.1) is 0 Å². The van der Waals surface area contributed by atoms with Gasteiger partial charge in [0.25, 0.3) is 0 Å². The van der Waals surface area contributed by atoms with Crippen LogP contribution in [0.4, 0.5) is 0 Å². The minimum absolute atomic E-state index is 0.282. The monoisotopic (exact) mass is 257 g/mol. The lowest BCUT2D eigenvalue weighted by Crippen LogP contribution is -2.22. The fourth-order valence-corrected chi connectivity index (χ4v) is 1.96. The molecule has 0 spiro atoms. The van der Waals surface area contributed by atoms with Crippen LogP contribution in [0.1, 0.15) is 22.0 Å². The van der Waals surface area contributed by atoms with Gasteiger partial charge in [-0.1, -0.05) is 24.3 Å². The van der Waals surface area contributed by atoms with Crippen molar-refractivity contribution < 1.29 is 14.3 Å². The molecule has 0 aliphatic carbocycles. The minimum atomic E-state index is -0.387. The van der Waals surface area contributed by atoms with Crippen molar-refractivity contribution in [1.82, 2.24) is 4.57 Å². The third-order valence-corrected chi connectivity index (χ3v) is 3.01. The summed E-state index contributed by atoms with van der Waals surface area (Å²) in [6.45, 7) is 0. The molecule has 4 heteroatoms. The van der Waals surface area contributed by atoms with Crippen LogP contribution in [0.15, 0.2) is 48.8 Å². The molecule has 0 fully saturated rings. The molecule has 1 aromatic carbocycles. The minimum Gasteiger partial charge on any atom is -0.467 e. The first kappa shape index (κ1) is 13.1. The van der Waals surface area contributed by atoms with Gasteiger partial charge in [0.05, 0.1) is 7.11 Å². The number of nitrogens with zero attached hydrogens (tertiary/aromatic N) is 1. The molecule has 0 aliphatic heterocycles. The Morgan fingerprint density at radius 3 is 2.42 bits per heavy atom. The molecule has 1 heterocycles. The number of ether oxygens (including phenoxy) is 1. The Hall–Kier alpha value is -2.36. The van der Waals surface area contributed by atoms with Crippen LogP contribution in [-0.4, -0.2) is 23.9 Å². The molecule has 2 aromatic rings. The number of carbonyl (C=O) groups excluding carboxylic acids is 2. The maximum absolute atomic E-state index is 11.8. The molecule has 0 N–H and O–H groups in total. The molecule has 1 atom stereocenters. The van der Waals surface area contributed by atoms with E-state index in [4.69, 9.17) is 4.74 Å². The summed E-state index contributed by atoms with van der Waals surface area (Å²) >= 11 is 0. The lowest BCUT2D eigenvalue weighted by Gasteiger charge is -2.16. The second-order valence-corrected chi connectivity index (χ2v) is 4.23. The molecular weight excluding hydrogens is 242 g/mol. The molecule has 19 heavy (non-hydrogen) atoms. The molecule has 1 aromatic heterocycles. The summed E-state index contributed by atoms with van der Waals surface area (Å²) in [7, 11) is 1.38. The first-order chi connectivity index (χ1) is 9.24. The average Bonchev–Trinajstić information content (AvgIpc) is 2.98. The van der Waals surface area contributed by atoms with Crippen molar-refractivity contribution in [1.29, 1.82) is 0 Å². The van der Waals surface area contributed by atoms with Gasteiger partial charge in [-0.3, -0.25) is 4.79 Å². The molecule has 0 aliphatic rings. The van der Waals surface area contributed by atoms with Crippen LogP contribution in [0.3, 0.4) is 0 Å². The van der Waals surface area contributed by atoms with Gasteiger partial charge in [0, 0.05) is 24.4 Å². The summed E-state index contributed by atoms with van der Waals surface area (Å²) in [6.07, 6.45) is 5.00. The predicted octanol–water partition coefficient (Wildman–Crippen LogP) is 2.26. The van der Waals surface area contributed by atoms with Crippen LogP contribution in [0.2, 0.25) is 0 Å². The van der Waals surface area contributed by atoms with Crippen LogP contribution >= 0.6 is 0 Å². The number of rotatable bonds is 5. The maximum atomic E-state index is 11.8. The third-order valence-electron chi connectivity index (χ3n) is 3.01. The Labute approximate surface area is 111 Å². The second kappa shape index (κ2) is 6.00. The van der Waals surface area contributed by atoms with Crippen LogP contribution < -0.4 is 0 Å². The van der Waals surface area contributed by atoms with E-state index < -0.39 is 0 Å². The van der Waals surface area contributed by atoms with E-state index in [9.17, 15) is 9.59 Å². The number of hydrogen-bond acceptors (Lipinski definition) is 3. The molecule has 4 nitrogen and oxygen atoms in total. The fourth-order valence-electron chi connectivity index (χ4n) is 1.96. The normalized spacial score (nSPS) is 11.8. The summed E-state index contributed by atoms with van der Waals surface area (Å²) in [5.74, 6) is -0.282. The van der Waals surface area contributed by atoms with Crippen molar-refractivity contribution in [2.45, 2.75) is 12.5 Å². The highest BCUT2D eigenvalue weighted by Gasteiger charge is 2.20. The van der Waals surface area contributed by atoms with Gasteiger partial charge in [-0.25, -0.2) is 4.79 Å². The van der Waals surface area contributed by atoms with Gasteiger partial charge in [0.2, 0.25) is 0 Å². The zero-order chi connectivity index (χ0) is 13.7. The quantitative estimate of drug-likeness (QED) is 0.609. The topological polar surface area (TPSA) is 48.3 Å². The molecule has 0 saturated carbocycles. The van der Waals surface area contributed by atoms with Crippen molar-refractivity contribution >= 4 is 12.3 Å². The van der Waals surface area contributed by atoms with Gasteiger partial charge in [0.1, 0.15) is 12.3 Å². The number of carbonyl (C=O) groups is 2. The molecule has 98 valence electrons. The van der Waals surface area contributed by atoms with E-state index in [1.54, 1.807) is 12.1 Å². The highest BCUT2D eigenvalue weighted by atomic mass is 16.5. The van der Waals surface area contributed by atoms with E-state index in [1.807, 2.05) is 41.2 Å². The van der Waals surface area contributed by atoms with Crippen molar-refractivity contribution in [2.24, 2.45) is 0 Å². The van der Waals surface area contributed by atoms with E-state index >= 15 is 0 Å². The number of aromatic nitrogens is 1. The van der Waals surface area contributed by atoms with Gasteiger partial charge >= 0.3 is 5.97 Å². The Balaban J connectivity index is 2.20. The van der Waals surface area contributed by atoms with Crippen molar-refractivity contribution in [3.63, 3.8) is 0 Å². The first-order valence-corrected chi connectivity index (χ1v) is 5.99. The first-order valence-electron chi connectivity index (χ1n) is 5.99. The number of methoxy groups -OCH3 is 1. The lowest BCUT2D eigenvalue weighted by atomic mass is 10.0. The Kier molecular flexibility index (Phi) is 4.13. The molecular formula is C15H15NO3. The Bertz CT molecular complexity index is 543. The maximum Gasteiger partial charge on any atom is 0.329 e. The highest BCUT2D eigenvalue weighted by Crippen LogP contribution is 2.16. The summed E-state index contributed by atoms with van der Waals surface area (Å²) in [6, 6.07) is 10.5. The number of esters is 1. The number of aldehydes is 1. The van der Waals surface area contributed by atoms with E-state index in [1.165, 1.54) is 7.11 Å². The Morgan fingerprint density at radius 1 is 1.26 bits per heavy atom. The molecule has 0 unspecified atom stereocenters. The van der Waals surface area contributed by atoms with Crippen LogP contribution in [-0.2, 0) is 16.0 Å².